The van der Waals surface area contributed by atoms with E-state index in [1.54, 1.807) is 0 Å². The Morgan fingerprint density at radius 1 is 1.17 bits per heavy atom. The zero-order valence-electron chi connectivity index (χ0n) is 12.8. The lowest BCUT2D eigenvalue weighted by molar-refractivity contribution is -0.118. The van der Waals surface area contributed by atoms with E-state index in [1.165, 1.54) is 12.1 Å². The van der Waals surface area contributed by atoms with Crippen LogP contribution in [0.25, 0.3) is 0 Å². The molecule has 0 heterocycles. The molecule has 2 rings (SSSR count). The number of benzene rings is 2. The second kappa shape index (κ2) is 7.91. The van der Waals surface area contributed by atoms with Gasteiger partial charge < -0.3 is 10.1 Å². The summed E-state index contributed by atoms with van der Waals surface area (Å²) >= 11 is 17.9. The number of ether oxygens (including phenoxy) is 1. The zero-order valence-corrected chi connectivity index (χ0v) is 15.0. The number of aryl methyl sites for hydroxylation is 2. The summed E-state index contributed by atoms with van der Waals surface area (Å²) in [6, 6.07) is 8.92. The summed E-state index contributed by atoms with van der Waals surface area (Å²) in [5.41, 5.74) is 2.89. The van der Waals surface area contributed by atoms with Crippen LogP contribution in [0.3, 0.4) is 0 Å². The predicted molar refractivity (Wildman–Crippen MR) is 96.2 cm³/mol. The first-order valence-electron chi connectivity index (χ1n) is 7.08. The molecule has 23 heavy (non-hydrogen) atoms. The van der Waals surface area contributed by atoms with E-state index in [-0.39, 0.29) is 28.3 Å². The zero-order chi connectivity index (χ0) is 17.0. The third kappa shape index (κ3) is 4.54. The van der Waals surface area contributed by atoms with Crippen LogP contribution in [-0.4, -0.2) is 12.5 Å². The predicted octanol–water partition coefficient (Wildman–Crippen LogP) is 5.54. The molecule has 0 atom stereocenters. The number of nitrogens with one attached hydrogen (secondary N) is 1. The molecule has 0 radical (unpaired) electrons. The van der Waals surface area contributed by atoms with Crippen molar-refractivity contribution in [3.05, 3.63) is 56.5 Å². The number of carbonyl (C=O) groups is 1. The van der Waals surface area contributed by atoms with Gasteiger partial charge in [-0.25, -0.2) is 0 Å². The third-order valence-corrected chi connectivity index (χ3v) is 4.09. The van der Waals surface area contributed by atoms with Crippen molar-refractivity contribution >= 4 is 46.4 Å². The molecule has 3 nitrogen and oxygen atoms in total. The quantitative estimate of drug-likeness (QED) is 0.749. The van der Waals surface area contributed by atoms with E-state index in [9.17, 15) is 4.79 Å². The average molecular weight is 373 g/mol. The molecule has 0 saturated carbocycles. The minimum absolute atomic E-state index is 0.196. The van der Waals surface area contributed by atoms with Crippen molar-refractivity contribution < 1.29 is 9.53 Å². The number of para-hydroxylation sites is 1. The summed E-state index contributed by atoms with van der Waals surface area (Å²) in [6.45, 7) is 3.79. The van der Waals surface area contributed by atoms with Crippen molar-refractivity contribution in [2.24, 2.45) is 0 Å². The average Bonchev–Trinajstić information content (AvgIpc) is 2.48. The second-order valence-corrected chi connectivity index (χ2v) is 6.25. The summed E-state index contributed by atoms with van der Waals surface area (Å²) < 4.78 is 5.44. The van der Waals surface area contributed by atoms with Gasteiger partial charge in [-0.1, -0.05) is 59.9 Å². The Balaban J connectivity index is 2.07. The molecule has 0 saturated heterocycles. The molecule has 0 unspecified atom stereocenters. The monoisotopic (exact) mass is 371 g/mol. The molecule has 1 N–H and O–H groups in total. The number of anilines is 1. The Morgan fingerprint density at radius 2 is 1.83 bits per heavy atom. The van der Waals surface area contributed by atoms with Gasteiger partial charge in [-0.3, -0.25) is 4.79 Å². The standard InChI is InChI=1S/C17H16Cl3NO2/c1-3-11-6-4-5-10(2)16(11)21-15(22)9-23-17-13(19)7-12(18)8-14(17)20/h4-8H,3,9H2,1-2H3,(H,21,22). The highest BCUT2D eigenvalue weighted by molar-refractivity contribution is 6.40. The fourth-order valence-electron chi connectivity index (χ4n) is 2.18. The topological polar surface area (TPSA) is 38.3 Å². The molecule has 1 amide bonds. The van der Waals surface area contributed by atoms with Crippen molar-refractivity contribution in [2.45, 2.75) is 20.3 Å². The van der Waals surface area contributed by atoms with Crippen molar-refractivity contribution in [3.8, 4) is 5.75 Å². The van der Waals surface area contributed by atoms with Crippen LogP contribution < -0.4 is 10.1 Å². The van der Waals surface area contributed by atoms with E-state index in [0.717, 1.165) is 23.2 Å². The van der Waals surface area contributed by atoms with Gasteiger partial charge in [0.15, 0.2) is 12.4 Å². The maximum atomic E-state index is 12.1. The first-order chi connectivity index (χ1) is 10.9. The van der Waals surface area contributed by atoms with Gasteiger partial charge in [0, 0.05) is 10.7 Å². The van der Waals surface area contributed by atoms with Crippen LogP contribution in [0.4, 0.5) is 5.69 Å². The molecule has 122 valence electrons. The number of amides is 1. The molecule has 0 aliphatic carbocycles. The van der Waals surface area contributed by atoms with Crippen molar-refractivity contribution in [3.63, 3.8) is 0 Å². The van der Waals surface area contributed by atoms with Crippen LogP contribution in [0, 0.1) is 6.92 Å². The minimum Gasteiger partial charge on any atom is -0.481 e. The molecular formula is C17H16Cl3NO2. The van der Waals surface area contributed by atoms with Crippen molar-refractivity contribution in [1.82, 2.24) is 0 Å². The maximum absolute atomic E-state index is 12.1. The van der Waals surface area contributed by atoms with E-state index in [0.29, 0.717) is 5.02 Å². The van der Waals surface area contributed by atoms with Gasteiger partial charge in [0.25, 0.3) is 5.91 Å². The number of carbonyl (C=O) groups excluding carboxylic acids is 1. The van der Waals surface area contributed by atoms with E-state index >= 15 is 0 Å². The van der Waals surface area contributed by atoms with Crippen LogP contribution in [-0.2, 0) is 11.2 Å². The number of rotatable bonds is 5. The first-order valence-corrected chi connectivity index (χ1v) is 8.21. The van der Waals surface area contributed by atoms with E-state index < -0.39 is 0 Å². The normalized spacial score (nSPS) is 10.5. The van der Waals surface area contributed by atoms with Gasteiger partial charge in [0.1, 0.15) is 0 Å². The SMILES string of the molecule is CCc1cccc(C)c1NC(=O)COc1c(Cl)cc(Cl)cc1Cl. The van der Waals surface area contributed by atoms with Gasteiger partial charge in [0.2, 0.25) is 0 Å². The van der Waals surface area contributed by atoms with E-state index in [1.807, 2.05) is 32.0 Å². The number of hydrogen-bond donors (Lipinski definition) is 1. The fraction of sp³-hybridized carbons (Fsp3) is 0.235. The molecular weight excluding hydrogens is 357 g/mol. The summed E-state index contributed by atoms with van der Waals surface area (Å²) in [6.07, 6.45) is 0.826. The Hall–Kier alpha value is -1.42. The second-order valence-electron chi connectivity index (χ2n) is 5.00. The van der Waals surface area contributed by atoms with Gasteiger partial charge in [-0.2, -0.15) is 0 Å². The van der Waals surface area contributed by atoms with E-state index in [2.05, 4.69) is 5.32 Å². The minimum atomic E-state index is -0.281. The van der Waals surface area contributed by atoms with Gasteiger partial charge in [-0.15, -0.1) is 0 Å². The fourth-order valence-corrected chi connectivity index (χ4v) is 3.11. The Morgan fingerprint density at radius 3 is 2.43 bits per heavy atom. The molecule has 0 aromatic heterocycles. The highest BCUT2D eigenvalue weighted by Crippen LogP contribution is 2.35. The lowest BCUT2D eigenvalue weighted by Crippen LogP contribution is -2.21. The lowest BCUT2D eigenvalue weighted by atomic mass is 10.1. The van der Waals surface area contributed by atoms with Gasteiger partial charge in [0.05, 0.1) is 10.0 Å². The molecule has 0 aliphatic rings. The Labute approximate surface area is 150 Å². The van der Waals surface area contributed by atoms with Crippen molar-refractivity contribution in [2.75, 3.05) is 11.9 Å². The summed E-state index contributed by atoms with van der Waals surface area (Å²) in [5.74, 6) is -0.0375. The molecule has 0 bridgehead atoms. The smallest absolute Gasteiger partial charge is 0.262 e. The highest BCUT2D eigenvalue weighted by Gasteiger charge is 2.13. The lowest BCUT2D eigenvalue weighted by Gasteiger charge is -2.14. The summed E-state index contributed by atoms with van der Waals surface area (Å²) in [7, 11) is 0. The van der Waals surface area contributed by atoms with Crippen molar-refractivity contribution in [1.29, 1.82) is 0 Å². The first kappa shape index (κ1) is 17.9. The van der Waals surface area contributed by atoms with Crippen LogP contribution in [0.1, 0.15) is 18.1 Å². The Kier molecular flexibility index (Phi) is 6.17. The molecule has 0 aliphatic heterocycles. The molecule has 0 fully saturated rings. The summed E-state index contributed by atoms with van der Waals surface area (Å²) in [4.78, 5) is 12.1. The number of hydrogen-bond acceptors (Lipinski definition) is 2. The van der Waals surface area contributed by atoms with Crippen LogP contribution in [0.2, 0.25) is 15.1 Å². The van der Waals surface area contributed by atoms with E-state index in [4.69, 9.17) is 39.5 Å². The number of halogens is 3. The van der Waals surface area contributed by atoms with Gasteiger partial charge >= 0.3 is 0 Å². The van der Waals surface area contributed by atoms with Crippen LogP contribution >= 0.6 is 34.8 Å². The molecule has 2 aromatic rings. The van der Waals surface area contributed by atoms with Crippen LogP contribution in [0.15, 0.2) is 30.3 Å². The molecule has 6 heteroatoms. The maximum Gasteiger partial charge on any atom is 0.262 e. The third-order valence-electron chi connectivity index (χ3n) is 3.32. The Bertz CT molecular complexity index is 709. The largest absolute Gasteiger partial charge is 0.481 e. The molecule has 2 aromatic carbocycles. The van der Waals surface area contributed by atoms with Gasteiger partial charge in [-0.05, 0) is 36.6 Å². The summed E-state index contributed by atoms with van der Waals surface area (Å²) in [5, 5.41) is 3.81. The highest BCUT2D eigenvalue weighted by atomic mass is 35.5. The van der Waals surface area contributed by atoms with Crippen LogP contribution in [0.5, 0.6) is 5.75 Å². The molecule has 0 spiro atoms.